The Morgan fingerprint density at radius 2 is 2.18 bits per heavy atom. The van der Waals surface area contributed by atoms with Gasteiger partial charge >= 0.3 is 0 Å². The Hall–Kier alpha value is -1.46. The molecule has 96 valence electrons. The minimum absolute atomic E-state index is 0.105. The fraction of sp³-hybridized carbons (Fsp3) is 0.500. The topological polar surface area (TPSA) is 74.2 Å². The van der Waals surface area contributed by atoms with Gasteiger partial charge in [0.25, 0.3) is 5.91 Å². The van der Waals surface area contributed by atoms with Crippen LogP contribution in [0, 0.1) is 0 Å². The van der Waals surface area contributed by atoms with Crippen LogP contribution in [0.15, 0.2) is 18.3 Å². The number of rotatable bonds is 5. The lowest BCUT2D eigenvalue weighted by molar-refractivity contribution is 0.0958. The van der Waals surface area contributed by atoms with Gasteiger partial charge < -0.3 is 15.7 Å². The molecule has 0 aromatic carbocycles. The Kier molecular flexibility index (Phi) is 8.91. The van der Waals surface area contributed by atoms with E-state index in [1.807, 2.05) is 19.9 Å². The van der Waals surface area contributed by atoms with Crippen molar-refractivity contribution in [3.05, 3.63) is 29.6 Å². The molecule has 1 heterocycles. The van der Waals surface area contributed by atoms with Gasteiger partial charge in [-0.05, 0) is 17.7 Å². The molecule has 5 heteroatoms. The largest absolute Gasteiger partial charge is 0.395 e. The molecule has 0 saturated carbocycles. The number of nitrogens with one attached hydrogen (secondary N) is 2. The Bertz CT molecular complexity index is 329. The number of pyridine rings is 1. The van der Waals surface area contributed by atoms with Crippen molar-refractivity contribution < 1.29 is 9.90 Å². The molecule has 0 bridgehead atoms. The molecule has 1 aromatic rings. The normalized spacial score (nSPS) is 9.18. The molecule has 0 unspecified atom stereocenters. The molecule has 1 aromatic heterocycles. The van der Waals surface area contributed by atoms with Crippen molar-refractivity contribution in [1.82, 2.24) is 15.6 Å². The number of carbonyl (C=O) groups excluding carboxylic acids is 1. The van der Waals surface area contributed by atoms with Crippen molar-refractivity contribution in [3.63, 3.8) is 0 Å². The molecule has 1 amide bonds. The Balaban J connectivity index is 0.00000121. The summed E-state index contributed by atoms with van der Waals surface area (Å²) in [6.45, 7) is 5.26. The van der Waals surface area contributed by atoms with E-state index < -0.39 is 0 Å². The summed E-state index contributed by atoms with van der Waals surface area (Å²) in [6.07, 6.45) is 1.60. The van der Waals surface area contributed by atoms with Gasteiger partial charge in [-0.2, -0.15) is 0 Å². The second kappa shape index (κ2) is 9.74. The van der Waals surface area contributed by atoms with Gasteiger partial charge in [-0.1, -0.05) is 13.8 Å². The second-order valence-corrected chi connectivity index (χ2v) is 3.03. The van der Waals surface area contributed by atoms with Gasteiger partial charge in [0.2, 0.25) is 0 Å². The van der Waals surface area contributed by atoms with Crippen LogP contribution >= 0.6 is 0 Å². The number of aliphatic hydroxyl groups is 1. The average molecular weight is 239 g/mol. The number of aromatic nitrogens is 1. The van der Waals surface area contributed by atoms with Crippen LogP contribution in [0.4, 0.5) is 0 Å². The second-order valence-electron chi connectivity index (χ2n) is 3.03. The van der Waals surface area contributed by atoms with Crippen molar-refractivity contribution in [3.8, 4) is 0 Å². The van der Waals surface area contributed by atoms with E-state index in [2.05, 4.69) is 15.6 Å². The van der Waals surface area contributed by atoms with Crippen molar-refractivity contribution in [1.29, 1.82) is 0 Å². The summed E-state index contributed by atoms with van der Waals surface area (Å²) >= 11 is 0. The van der Waals surface area contributed by atoms with E-state index in [0.717, 1.165) is 5.56 Å². The summed E-state index contributed by atoms with van der Waals surface area (Å²) in [5.41, 5.74) is 1.37. The first-order valence-corrected chi connectivity index (χ1v) is 5.76. The number of hydrogen-bond donors (Lipinski definition) is 3. The van der Waals surface area contributed by atoms with Crippen LogP contribution in [0.3, 0.4) is 0 Å². The van der Waals surface area contributed by atoms with Crippen molar-refractivity contribution in [2.45, 2.75) is 20.4 Å². The van der Waals surface area contributed by atoms with Crippen LogP contribution < -0.4 is 10.6 Å². The third-order valence-electron chi connectivity index (χ3n) is 1.90. The van der Waals surface area contributed by atoms with E-state index >= 15 is 0 Å². The molecule has 1 rings (SSSR count). The van der Waals surface area contributed by atoms with Gasteiger partial charge in [-0.25, -0.2) is 0 Å². The number of hydrogen-bond acceptors (Lipinski definition) is 4. The molecule has 5 nitrogen and oxygen atoms in total. The third kappa shape index (κ3) is 5.99. The van der Waals surface area contributed by atoms with Crippen molar-refractivity contribution >= 4 is 5.91 Å². The van der Waals surface area contributed by atoms with Gasteiger partial charge in [0, 0.05) is 26.3 Å². The van der Waals surface area contributed by atoms with Crippen LogP contribution in [0.2, 0.25) is 0 Å². The molecule has 17 heavy (non-hydrogen) atoms. The summed E-state index contributed by atoms with van der Waals surface area (Å²) in [5.74, 6) is -0.195. The van der Waals surface area contributed by atoms with Crippen LogP contribution in [0.5, 0.6) is 0 Å². The van der Waals surface area contributed by atoms with E-state index in [-0.39, 0.29) is 12.5 Å². The fourth-order valence-corrected chi connectivity index (χ4v) is 1.15. The summed E-state index contributed by atoms with van der Waals surface area (Å²) in [4.78, 5) is 15.2. The van der Waals surface area contributed by atoms with E-state index in [9.17, 15) is 4.79 Å². The number of aliphatic hydroxyl groups excluding tert-OH is 1. The van der Waals surface area contributed by atoms with Gasteiger partial charge in [-0.3, -0.25) is 9.78 Å². The predicted octanol–water partition coefficient (Wildman–Crippen LogP) is 0.549. The number of carbonyl (C=O) groups is 1. The molecular formula is C12H21N3O2. The highest BCUT2D eigenvalue weighted by Gasteiger charge is 2.04. The van der Waals surface area contributed by atoms with E-state index in [1.54, 1.807) is 19.3 Å². The molecule has 0 spiro atoms. The van der Waals surface area contributed by atoms with E-state index in [0.29, 0.717) is 18.8 Å². The maximum Gasteiger partial charge on any atom is 0.269 e. The molecule has 0 aliphatic carbocycles. The molecule has 0 aliphatic rings. The highest BCUT2D eigenvalue weighted by molar-refractivity contribution is 5.92. The summed E-state index contributed by atoms with van der Waals surface area (Å²) in [6, 6.07) is 3.56. The highest BCUT2D eigenvalue weighted by atomic mass is 16.3. The van der Waals surface area contributed by atoms with E-state index in [1.165, 1.54) is 0 Å². The zero-order chi connectivity index (χ0) is 13.1. The minimum Gasteiger partial charge on any atom is -0.395 e. The van der Waals surface area contributed by atoms with Gasteiger partial charge in [0.05, 0.1) is 6.61 Å². The maximum absolute atomic E-state index is 11.3. The lowest BCUT2D eigenvalue weighted by atomic mass is 10.2. The maximum atomic E-state index is 11.3. The Labute approximate surface area is 102 Å². The molecule has 3 N–H and O–H groups in total. The number of nitrogens with zero attached hydrogens (tertiary/aromatic N) is 1. The summed E-state index contributed by atoms with van der Waals surface area (Å²) in [7, 11) is 1.57. The Morgan fingerprint density at radius 3 is 2.76 bits per heavy atom. The van der Waals surface area contributed by atoms with Crippen LogP contribution in [0.25, 0.3) is 0 Å². The SMILES string of the molecule is CC.CNC(=O)c1cc(CNCCO)ccn1. The fourth-order valence-electron chi connectivity index (χ4n) is 1.15. The summed E-state index contributed by atoms with van der Waals surface area (Å²) in [5, 5.41) is 14.1. The van der Waals surface area contributed by atoms with Crippen molar-refractivity contribution in [2.75, 3.05) is 20.2 Å². The standard InChI is InChI=1S/C10H15N3O2.C2H6/c1-11-10(15)9-6-8(2-3-13-9)7-12-4-5-14;1-2/h2-3,6,12,14H,4-5,7H2,1H3,(H,11,15);1-2H3. The summed E-state index contributed by atoms with van der Waals surface area (Å²) < 4.78 is 0. The first-order valence-electron chi connectivity index (χ1n) is 5.76. The molecule has 0 saturated heterocycles. The smallest absolute Gasteiger partial charge is 0.269 e. The lowest BCUT2D eigenvalue weighted by Crippen LogP contribution is -2.21. The lowest BCUT2D eigenvalue weighted by Gasteiger charge is -2.04. The quantitative estimate of drug-likeness (QED) is 0.656. The Morgan fingerprint density at radius 1 is 1.47 bits per heavy atom. The van der Waals surface area contributed by atoms with E-state index in [4.69, 9.17) is 5.11 Å². The molecule has 0 atom stereocenters. The molecule has 0 radical (unpaired) electrons. The predicted molar refractivity (Wildman–Crippen MR) is 67.8 cm³/mol. The molecule has 0 fully saturated rings. The average Bonchev–Trinajstić information content (AvgIpc) is 2.41. The van der Waals surface area contributed by atoms with Crippen LogP contribution in [-0.4, -0.2) is 36.2 Å². The molecule has 0 aliphatic heterocycles. The van der Waals surface area contributed by atoms with Crippen molar-refractivity contribution in [2.24, 2.45) is 0 Å². The minimum atomic E-state index is -0.195. The monoisotopic (exact) mass is 239 g/mol. The zero-order valence-electron chi connectivity index (χ0n) is 10.7. The first-order chi connectivity index (χ1) is 8.27. The van der Waals surface area contributed by atoms with Crippen LogP contribution in [0.1, 0.15) is 29.9 Å². The highest BCUT2D eigenvalue weighted by Crippen LogP contribution is 2.01. The third-order valence-corrected chi connectivity index (χ3v) is 1.90. The van der Waals surface area contributed by atoms with Gasteiger partial charge in [0.1, 0.15) is 5.69 Å². The number of amides is 1. The van der Waals surface area contributed by atoms with Gasteiger partial charge in [0.15, 0.2) is 0 Å². The van der Waals surface area contributed by atoms with Crippen LogP contribution in [-0.2, 0) is 6.54 Å². The zero-order valence-corrected chi connectivity index (χ0v) is 10.7. The first kappa shape index (κ1) is 15.5. The molecular weight excluding hydrogens is 218 g/mol. The van der Waals surface area contributed by atoms with Gasteiger partial charge in [-0.15, -0.1) is 0 Å².